The van der Waals surface area contributed by atoms with Crippen molar-refractivity contribution in [1.82, 2.24) is 0 Å². The second-order valence-corrected chi connectivity index (χ2v) is 5.77. The number of anilines is 1. The first kappa shape index (κ1) is 17.3. The largest absolute Gasteiger partial charge is 0.481 e. The summed E-state index contributed by atoms with van der Waals surface area (Å²) >= 11 is 12.0. The maximum Gasteiger partial charge on any atom is 0.305 e. The lowest BCUT2D eigenvalue weighted by atomic mass is 10.0. The standard InChI is InChI=1S/C17H15Cl2NO3/c1-11(21)20(9-8-17(22)23)16-5-3-2-4-13(16)12-6-7-14(18)15(19)10-12/h2-7,10H,8-9H2,1H3,(H,22,23). The molecule has 2 aromatic carbocycles. The molecule has 4 nitrogen and oxygen atoms in total. The second-order valence-electron chi connectivity index (χ2n) is 4.96. The SMILES string of the molecule is CC(=O)N(CCC(=O)O)c1ccccc1-c1ccc(Cl)c(Cl)c1. The van der Waals surface area contributed by atoms with Gasteiger partial charge in [0.15, 0.2) is 0 Å². The van der Waals surface area contributed by atoms with Crippen LogP contribution in [-0.2, 0) is 9.59 Å². The fourth-order valence-corrected chi connectivity index (χ4v) is 2.57. The first-order valence-corrected chi connectivity index (χ1v) is 7.70. The Balaban J connectivity index is 2.47. The van der Waals surface area contributed by atoms with E-state index in [0.29, 0.717) is 15.7 Å². The topological polar surface area (TPSA) is 57.6 Å². The third kappa shape index (κ3) is 4.24. The van der Waals surface area contributed by atoms with Gasteiger partial charge in [-0.05, 0) is 23.8 Å². The summed E-state index contributed by atoms with van der Waals surface area (Å²) < 4.78 is 0. The van der Waals surface area contributed by atoms with Crippen LogP contribution in [0.25, 0.3) is 11.1 Å². The molecule has 1 N–H and O–H groups in total. The number of rotatable bonds is 5. The third-order valence-corrected chi connectivity index (χ3v) is 4.09. The molecule has 23 heavy (non-hydrogen) atoms. The minimum Gasteiger partial charge on any atom is -0.481 e. The molecule has 0 aliphatic heterocycles. The average molecular weight is 352 g/mol. The molecule has 120 valence electrons. The van der Waals surface area contributed by atoms with Gasteiger partial charge in [-0.3, -0.25) is 9.59 Å². The van der Waals surface area contributed by atoms with Crippen molar-refractivity contribution in [2.24, 2.45) is 0 Å². The van der Waals surface area contributed by atoms with Crippen molar-refractivity contribution in [2.75, 3.05) is 11.4 Å². The van der Waals surface area contributed by atoms with Gasteiger partial charge < -0.3 is 10.0 Å². The van der Waals surface area contributed by atoms with Crippen LogP contribution in [0.1, 0.15) is 13.3 Å². The minimum atomic E-state index is -0.955. The first-order valence-electron chi connectivity index (χ1n) is 6.94. The Morgan fingerprint density at radius 2 is 1.78 bits per heavy atom. The summed E-state index contributed by atoms with van der Waals surface area (Å²) in [5, 5.41) is 9.74. The van der Waals surface area contributed by atoms with Gasteiger partial charge in [-0.2, -0.15) is 0 Å². The molecule has 0 bridgehead atoms. The number of para-hydroxylation sites is 1. The number of amides is 1. The number of hydrogen-bond acceptors (Lipinski definition) is 2. The van der Waals surface area contributed by atoms with Crippen molar-refractivity contribution in [3.05, 3.63) is 52.5 Å². The van der Waals surface area contributed by atoms with Gasteiger partial charge in [0, 0.05) is 19.0 Å². The van der Waals surface area contributed by atoms with Gasteiger partial charge in [0.2, 0.25) is 5.91 Å². The van der Waals surface area contributed by atoms with Crippen LogP contribution in [0, 0.1) is 0 Å². The van der Waals surface area contributed by atoms with E-state index in [4.69, 9.17) is 28.3 Å². The molecular weight excluding hydrogens is 337 g/mol. The van der Waals surface area contributed by atoms with Crippen LogP contribution in [0.3, 0.4) is 0 Å². The van der Waals surface area contributed by atoms with E-state index in [0.717, 1.165) is 11.1 Å². The number of hydrogen-bond donors (Lipinski definition) is 1. The quantitative estimate of drug-likeness (QED) is 0.863. The van der Waals surface area contributed by atoms with E-state index in [1.165, 1.54) is 11.8 Å². The first-order chi connectivity index (χ1) is 10.9. The molecule has 0 atom stereocenters. The molecule has 0 fully saturated rings. The average Bonchev–Trinajstić information content (AvgIpc) is 2.50. The molecule has 0 saturated heterocycles. The molecule has 1 amide bonds. The molecule has 0 aliphatic carbocycles. The summed E-state index contributed by atoms with van der Waals surface area (Å²) in [6.07, 6.45) is -0.130. The van der Waals surface area contributed by atoms with E-state index in [-0.39, 0.29) is 18.9 Å². The monoisotopic (exact) mass is 351 g/mol. The van der Waals surface area contributed by atoms with Crippen molar-refractivity contribution in [2.45, 2.75) is 13.3 Å². The summed E-state index contributed by atoms with van der Waals surface area (Å²) in [4.78, 5) is 24.2. The van der Waals surface area contributed by atoms with E-state index in [1.54, 1.807) is 24.3 Å². The molecule has 0 heterocycles. The van der Waals surface area contributed by atoms with Gasteiger partial charge in [-0.15, -0.1) is 0 Å². The van der Waals surface area contributed by atoms with Crippen LogP contribution < -0.4 is 4.90 Å². The number of carboxylic acid groups (broad SMARTS) is 1. The zero-order chi connectivity index (χ0) is 17.0. The highest BCUT2D eigenvalue weighted by Crippen LogP contribution is 2.34. The Hall–Kier alpha value is -2.04. The third-order valence-electron chi connectivity index (χ3n) is 3.35. The van der Waals surface area contributed by atoms with Gasteiger partial charge in [-0.1, -0.05) is 47.5 Å². The maximum atomic E-state index is 11.9. The summed E-state index contributed by atoms with van der Waals surface area (Å²) in [6.45, 7) is 1.51. The summed E-state index contributed by atoms with van der Waals surface area (Å²) in [5.41, 5.74) is 2.22. The van der Waals surface area contributed by atoms with Crippen molar-refractivity contribution >= 4 is 40.8 Å². The predicted molar refractivity (Wildman–Crippen MR) is 92.2 cm³/mol. The van der Waals surface area contributed by atoms with Crippen molar-refractivity contribution in [3.63, 3.8) is 0 Å². The summed E-state index contributed by atoms with van der Waals surface area (Å²) in [6, 6.07) is 12.5. The lowest BCUT2D eigenvalue weighted by Gasteiger charge is -2.23. The maximum absolute atomic E-state index is 11.9. The van der Waals surface area contributed by atoms with Crippen LogP contribution >= 0.6 is 23.2 Å². The fraction of sp³-hybridized carbons (Fsp3) is 0.176. The molecular formula is C17H15Cl2NO3. The van der Waals surface area contributed by atoms with E-state index in [9.17, 15) is 9.59 Å². The van der Waals surface area contributed by atoms with Crippen molar-refractivity contribution in [1.29, 1.82) is 0 Å². The van der Waals surface area contributed by atoms with E-state index >= 15 is 0 Å². The Bertz CT molecular complexity index is 746. The van der Waals surface area contributed by atoms with Crippen LogP contribution in [0.4, 0.5) is 5.69 Å². The van der Waals surface area contributed by atoms with Gasteiger partial charge in [-0.25, -0.2) is 0 Å². The molecule has 0 aliphatic rings. The highest BCUT2D eigenvalue weighted by Gasteiger charge is 2.17. The number of carboxylic acids is 1. The molecule has 0 unspecified atom stereocenters. The van der Waals surface area contributed by atoms with E-state index in [2.05, 4.69) is 0 Å². The lowest BCUT2D eigenvalue weighted by Crippen LogP contribution is -2.31. The van der Waals surface area contributed by atoms with Crippen LogP contribution in [0.2, 0.25) is 10.0 Å². The molecule has 2 rings (SSSR count). The van der Waals surface area contributed by atoms with Gasteiger partial charge in [0.25, 0.3) is 0 Å². The lowest BCUT2D eigenvalue weighted by molar-refractivity contribution is -0.136. The smallest absolute Gasteiger partial charge is 0.305 e. The summed E-state index contributed by atoms with van der Waals surface area (Å²) in [5.74, 6) is -1.18. The highest BCUT2D eigenvalue weighted by molar-refractivity contribution is 6.42. The van der Waals surface area contributed by atoms with Crippen LogP contribution in [-0.4, -0.2) is 23.5 Å². The molecule has 0 aromatic heterocycles. The van der Waals surface area contributed by atoms with Gasteiger partial charge in [0.1, 0.15) is 0 Å². The number of nitrogens with zero attached hydrogens (tertiary/aromatic N) is 1. The second kappa shape index (κ2) is 7.49. The highest BCUT2D eigenvalue weighted by atomic mass is 35.5. The Kier molecular flexibility index (Phi) is 5.64. The zero-order valence-corrected chi connectivity index (χ0v) is 13.9. The number of halogens is 2. The minimum absolute atomic E-state index is 0.100. The Morgan fingerprint density at radius 1 is 1.09 bits per heavy atom. The number of carbonyl (C=O) groups is 2. The Morgan fingerprint density at radius 3 is 2.39 bits per heavy atom. The predicted octanol–water partition coefficient (Wildman–Crippen LogP) is 4.49. The van der Waals surface area contributed by atoms with Crippen molar-refractivity contribution in [3.8, 4) is 11.1 Å². The van der Waals surface area contributed by atoms with Crippen LogP contribution in [0.5, 0.6) is 0 Å². The number of benzene rings is 2. The van der Waals surface area contributed by atoms with E-state index < -0.39 is 5.97 Å². The molecule has 0 spiro atoms. The normalized spacial score (nSPS) is 10.4. The molecule has 0 saturated carbocycles. The Labute approximate surface area is 144 Å². The van der Waals surface area contributed by atoms with Crippen LogP contribution in [0.15, 0.2) is 42.5 Å². The molecule has 2 aromatic rings. The summed E-state index contributed by atoms with van der Waals surface area (Å²) in [7, 11) is 0. The molecule has 0 radical (unpaired) electrons. The number of aliphatic carboxylic acids is 1. The van der Waals surface area contributed by atoms with Gasteiger partial charge in [0.05, 0.1) is 22.2 Å². The fourth-order valence-electron chi connectivity index (χ4n) is 2.27. The van der Waals surface area contributed by atoms with Gasteiger partial charge >= 0.3 is 5.97 Å². The van der Waals surface area contributed by atoms with Crippen molar-refractivity contribution < 1.29 is 14.7 Å². The number of carbonyl (C=O) groups excluding carboxylic acids is 1. The molecule has 6 heteroatoms. The zero-order valence-electron chi connectivity index (χ0n) is 12.4. The van der Waals surface area contributed by atoms with E-state index in [1.807, 2.05) is 18.2 Å².